The summed E-state index contributed by atoms with van der Waals surface area (Å²) in [7, 11) is 0. The van der Waals surface area contributed by atoms with E-state index in [9.17, 15) is 0 Å². The zero-order chi connectivity index (χ0) is 13.6. The molecule has 1 aromatic rings. The molecule has 1 rings (SSSR count). The molecular formula is C13H24N4O. The van der Waals surface area contributed by atoms with Crippen LogP contribution >= 0.6 is 0 Å². The van der Waals surface area contributed by atoms with E-state index in [1.54, 1.807) is 0 Å². The number of nitrogen functional groups attached to an aromatic ring is 1. The summed E-state index contributed by atoms with van der Waals surface area (Å²) in [6.07, 6.45) is 3.44. The first-order valence-corrected chi connectivity index (χ1v) is 6.41. The summed E-state index contributed by atoms with van der Waals surface area (Å²) >= 11 is 0. The second-order valence-electron chi connectivity index (χ2n) is 5.53. The van der Waals surface area contributed by atoms with Crippen molar-refractivity contribution in [2.45, 2.75) is 40.5 Å². The van der Waals surface area contributed by atoms with Crippen LogP contribution in [0.15, 0.2) is 6.33 Å². The third-order valence-electron chi connectivity index (χ3n) is 2.46. The minimum Gasteiger partial charge on any atom is -0.476 e. The van der Waals surface area contributed by atoms with Gasteiger partial charge in [0.1, 0.15) is 12.0 Å². The number of nitrogens with zero attached hydrogens (tertiary/aromatic N) is 2. The van der Waals surface area contributed by atoms with Crippen LogP contribution in [0.25, 0.3) is 0 Å². The molecule has 18 heavy (non-hydrogen) atoms. The average Bonchev–Trinajstić information content (AvgIpc) is 2.28. The molecule has 3 N–H and O–H groups in total. The second-order valence-corrected chi connectivity index (χ2v) is 5.53. The van der Waals surface area contributed by atoms with Crippen LogP contribution in [0.2, 0.25) is 0 Å². The topological polar surface area (TPSA) is 73.1 Å². The number of nitrogens with one attached hydrogen (secondary N) is 1. The number of nitrogens with two attached hydrogens (primary N) is 1. The Morgan fingerprint density at radius 2 is 2.06 bits per heavy atom. The maximum atomic E-state index is 5.96. The number of anilines is 2. The lowest BCUT2D eigenvalue weighted by molar-refractivity contribution is 0.306. The molecule has 5 heteroatoms. The number of hydrogen-bond acceptors (Lipinski definition) is 5. The van der Waals surface area contributed by atoms with E-state index in [1.165, 1.54) is 6.33 Å². The van der Waals surface area contributed by atoms with Crippen molar-refractivity contribution < 1.29 is 4.74 Å². The van der Waals surface area contributed by atoms with Crippen LogP contribution in [0.1, 0.15) is 40.5 Å². The molecule has 0 aliphatic heterocycles. The fourth-order valence-corrected chi connectivity index (χ4v) is 1.39. The Hall–Kier alpha value is -1.52. The summed E-state index contributed by atoms with van der Waals surface area (Å²) in [4.78, 5) is 8.17. The van der Waals surface area contributed by atoms with E-state index in [4.69, 9.17) is 10.5 Å². The molecule has 5 nitrogen and oxygen atoms in total. The lowest BCUT2D eigenvalue weighted by Crippen LogP contribution is -2.15. The molecule has 0 fully saturated rings. The number of ether oxygens (including phenoxy) is 1. The smallest absolute Gasteiger partial charge is 0.242 e. The van der Waals surface area contributed by atoms with Crippen molar-refractivity contribution in [1.82, 2.24) is 9.97 Å². The minimum atomic E-state index is 0.288. The van der Waals surface area contributed by atoms with E-state index < -0.39 is 0 Å². The molecule has 1 aromatic heterocycles. The van der Waals surface area contributed by atoms with Gasteiger partial charge in [0, 0.05) is 6.54 Å². The molecule has 0 bridgehead atoms. The summed E-state index contributed by atoms with van der Waals surface area (Å²) in [5.41, 5.74) is 6.74. The van der Waals surface area contributed by atoms with Gasteiger partial charge >= 0.3 is 0 Å². The summed E-state index contributed by atoms with van der Waals surface area (Å²) < 4.78 is 5.46. The van der Waals surface area contributed by atoms with E-state index in [0.29, 0.717) is 24.0 Å². The van der Waals surface area contributed by atoms with Gasteiger partial charge in [-0.05, 0) is 18.3 Å². The number of aromatic nitrogens is 2. The first-order valence-electron chi connectivity index (χ1n) is 6.41. The number of hydrogen-bond donors (Lipinski definition) is 2. The second kappa shape index (κ2) is 6.42. The highest BCUT2D eigenvalue weighted by Gasteiger charge is 2.12. The van der Waals surface area contributed by atoms with E-state index in [-0.39, 0.29) is 5.41 Å². The van der Waals surface area contributed by atoms with Crippen LogP contribution in [-0.2, 0) is 0 Å². The van der Waals surface area contributed by atoms with E-state index >= 15 is 0 Å². The van der Waals surface area contributed by atoms with E-state index in [1.807, 2.05) is 6.92 Å². The largest absolute Gasteiger partial charge is 0.476 e. The Kier molecular flexibility index (Phi) is 5.19. The van der Waals surface area contributed by atoms with Gasteiger partial charge in [0.15, 0.2) is 5.82 Å². The zero-order valence-electron chi connectivity index (χ0n) is 11.8. The highest BCUT2D eigenvalue weighted by atomic mass is 16.5. The van der Waals surface area contributed by atoms with Gasteiger partial charge in [-0.3, -0.25) is 0 Å². The summed E-state index contributed by atoms with van der Waals surface area (Å²) in [5.74, 6) is 1.12. The van der Waals surface area contributed by atoms with Crippen molar-refractivity contribution >= 4 is 11.5 Å². The van der Waals surface area contributed by atoms with Crippen LogP contribution < -0.4 is 15.8 Å². The maximum Gasteiger partial charge on any atom is 0.242 e. The van der Waals surface area contributed by atoms with E-state index in [0.717, 1.165) is 19.4 Å². The monoisotopic (exact) mass is 252 g/mol. The molecule has 0 spiro atoms. The Balaban J connectivity index is 2.60. The first kappa shape index (κ1) is 14.5. The highest BCUT2D eigenvalue weighted by molar-refractivity contribution is 5.66. The van der Waals surface area contributed by atoms with Gasteiger partial charge in [-0.1, -0.05) is 27.7 Å². The Morgan fingerprint density at radius 3 is 2.67 bits per heavy atom. The first-order chi connectivity index (χ1) is 8.44. The molecule has 0 radical (unpaired) electrons. The molecule has 0 aromatic carbocycles. The molecule has 0 amide bonds. The summed E-state index contributed by atoms with van der Waals surface area (Å²) in [6, 6.07) is 0. The van der Waals surface area contributed by atoms with Crippen molar-refractivity contribution in [2.75, 3.05) is 24.2 Å². The predicted octanol–water partition coefficient (Wildman–Crippen LogP) is 2.70. The SMILES string of the molecule is CCCOc1ncnc(NCCC(C)(C)C)c1N. The van der Waals surface area contributed by atoms with Gasteiger partial charge in [0.05, 0.1) is 6.61 Å². The lowest BCUT2D eigenvalue weighted by atomic mass is 9.92. The molecule has 1 heterocycles. The summed E-state index contributed by atoms with van der Waals surface area (Å²) in [5, 5.41) is 3.23. The van der Waals surface area contributed by atoms with Gasteiger partial charge in [-0.15, -0.1) is 0 Å². The summed E-state index contributed by atoms with van der Waals surface area (Å²) in [6.45, 7) is 10.1. The fraction of sp³-hybridized carbons (Fsp3) is 0.692. The van der Waals surface area contributed by atoms with Gasteiger partial charge < -0.3 is 15.8 Å². The minimum absolute atomic E-state index is 0.288. The van der Waals surface area contributed by atoms with Crippen molar-refractivity contribution in [3.8, 4) is 5.88 Å². The normalized spacial score (nSPS) is 11.3. The Bertz CT molecular complexity index is 374. The maximum absolute atomic E-state index is 5.96. The van der Waals surface area contributed by atoms with Gasteiger partial charge in [0.25, 0.3) is 0 Å². The van der Waals surface area contributed by atoms with E-state index in [2.05, 4.69) is 36.1 Å². The molecule has 0 saturated carbocycles. The van der Waals surface area contributed by atoms with Crippen LogP contribution in [0.5, 0.6) is 5.88 Å². The Morgan fingerprint density at radius 1 is 1.33 bits per heavy atom. The van der Waals surface area contributed by atoms with Crippen LogP contribution in [-0.4, -0.2) is 23.1 Å². The van der Waals surface area contributed by atoms with Crippen molar-refractivity contribution in [1.29, 1.82) is 0 Å². The Labute approximate surface area is 109 Å². The highest BCUT2D eigenvalue weighted by Crippen LogP contribution is 2.25. The molecule has 0 atom stereocenters. The van der Waals surface area contributed by atoms with Gasteiger partial charge in [-0.25, -0.2) is 4.98 Å². The fourth-order valence-electron chi connectivity index (χ4n) is 1.39. The van der Waals surface area contributed by atoms with Gasteiger partial charge in [0.2, 0.25) is 5.88 Å². The quantitative estimate of drug-likeness (QED) is 0.814. The molecule has 102 valence electrons. The number of rotatable bonds is 6. The average molecular weight is 252 g/mol. The molecular weight excluding hydrogens is 228 g/mol. The van der Waals surface area contributed by atoms with Crippen LogP contribution in [0.3, 0.4) is 0 Å². The molecule has 0 aliphatic rings. The van der Waals surface area contributed by atoms with Crippen molar-refractivity contribution in [2.24, 2.45) is 5.41 Å². The molecule has 0 aliphatic carbocycles. The predicted molar refractivity (Wildman–Crippen MR) is 74.8 cm³/mol. The standard InChI is InChI=1S/C13H24N4O/c1-5-8-18-12-10(14)11(16-9-17-12)15-7-6-13(2,3)4/h9H,5-8,14H2,1-4H3,(H,15,16,17). The third-order valence-corrected chi connectivity index (χ3v) is 2.46. The lowest BCUT2D eigenvalue weighted by Gasteiger charge is -2.19. The van der Waals surface area contributed by atoms with Crippen molar-refractivity contribution in [3.05, 3.63) is 6.33 Å². The third kappa shape index (κ3) is 4.77. The van der Waals surface area contributed by atoms with Crippen LogP contribution in [0, 0.1) is 5.41 Å². The van der Waals surface area contributed by atoms with Crippen LogP contribution in [0.4, 0.5) is 11.5 Å². The molecule has 0 unspecified atom stereocenters. The zero-order valence-corrected chi connectivity index (χ0v) is 11.8. The van der Waals surface area contributed by atoms with Gasteiger partial charge in [-0.2, -0.15) is 4.98 Å². The molecule has 0 saturated heterocycles. The van der Waals surface area contributed by atoms with Crippen molar-refractivity contribution in [3.63, 3.8) is 0 Å².